The molecule has 0 radical (unpaired) electrons. The van der Waals surface area contributed by atoms with Crippen molar-refractivity contribution in [3.63, 3.8) is 0 Å². The van der Waals surface area contributed by atoms with Gasteiger partial charge in [-0.25, -0.2) is 4.39 Å². The lowest BCUT2D eigenvalue weighted by molar-refractivity contribution is -0.137. The van der Waals surface area contributed by atoms with E-state index in [1.165, 1.54) is 13.2 Å². The highest BCUT2D eigenvalue weighted by atomic mass is 35.5. The van der Waals surface area contributed by atoms with Gasteiger partial charge in [0.25, 0.3) is 0 Å². The van der Waals surface area contributed by atoms with Crippen molar-refractivity contribution in [3.05, 3.63) is 28.0 Å². The largest absolute Gasteiger partial charge is 0.496 e. The van der Waals surface area contributed by atoms with E-state index in [0.717, 1.165) is 0 Å². The summed E-state index contributed by atoms with van der Waals surface area (Å²) in [4.78, 5) is 10.5. The summed E-state index contributed by atoms with van der Waals surface area (Å²) in [5.74, 6) is -1.32. The molecule has 0 bridgehead atoms. The predicted octanol–water partition coefficient (Wildman–Crippen LogP) is 2.66. The third-order valence-corrected chi connectivity index (χ3v) is 2.91. The third-order valence-electron chi connectivity index (χ3n) is 2.64. The van der Waals surface area contributed by atoms with Crippen LogP contribution >= 0.6 is 11.6 Å². The number of ether oxygens (including phenoxy) is 1. The van der Waals surface area contributed by atoms with E-state index < -0.39 is 17.8 Å². The fourth-order valence-electron chi connectivity index (χ4n) is 1.79. The maximum atomic E-state index is 14.0. The quantitative estimate of drug-likeness (QED) is 0.866. The lowest BCUT2D eigenvalue weighted by Crippen LogP contribution is -2.16. The van der Waals surface area contributed by atoms with Crippen molar-refractivity contribution in [2.45, 2.75) is 25.8 Å². The number of methoxy groups -OCH3 is 1. The zero-order valence-corrected chi connectivity index (χ0v) is 10.9. The highest BCUT2D eigenvalue weighted by molar-refractivity contribution is 6.31. The van der Waals surface area contributed by atoms with Crippen LogP contribution in [0, 0.1) is 12.7 Å². The summed E-state index contributed by atoms with van der Waals surface area (Å²) in [7, 11) is 1.41. The first kappa shape index (κ1) is 14.7. The Morgan fingerprint density at radius 2 is 2.28 bits per heavy atom. The van der Waals surface area contributed by atoms with Crippen LogP contribution in [-0.4, -0.2) is 18.2 Å². The lowest BCUT2D eigenvalue weighted by atomic mass is 9.98. The number of hydrogen-bond donors (Lipinski definition) is 2. The van der Waals surface area contributed by atoms with Crippen LogP contribution in [0.4, 0.5) is 4.39 Å². The molecule has 1 atom stereocenters. The first-order chi connectivity index (χ1) is 8.38. The SMILES string of the molecule is COc1c(C)cc(Cl)c(F)c1C(N)CCC(=O)O. The topological polar surface area (TPSA) is 72.5 Å². The maximum absolute atomic E-state index is 14.0. The van der Waals surface area contributed by atoms with Gasteiger partial charge in [0, 0.05) is 18.0 Å². The molecule has 0 aromatic heterocycles. The molecule has 0 spiro atoms. The number of carbonyl (C=O) groups is 1. The van der Waals surface area contributed by atoms with E-state index in [4.69, 9.17) is 27.2 Å². The van der Waals surface area contributed by atoms with Gasteiger partial charge in [-0.05, 0) is 25.0 Å². The number of hydrogen-bond acceptors (Lipinski definition) is 3. The Morgan fingerprint density at radius 1 is 1.67 bits per heavy atom. The lowest BCUT2D eigenvalue weighted by Gasteiger charge is -2.18. The zero-order valence-electron chi connectivity index (χ0n) is 10.2. The molecule has 1 aromatic rings. The molecule has 0 aliphatic carbocycles. The van der Waals surface area contributed by atoms with E-state index in [1.54, 1.807) is 6.92 Å². The van der Waals surface area contributed by atoms with Crippen molar-refractivity contribution in [1.82, 2.24) is 0 Å². The highest BCUT2D eigenvalue weighted by Crippen LogP contribution is 2.36. The average molecular weight is 276 g/mol. The van der Waals surface area contributed by atoms with E-state index in [9.17, 15) is 9.18 Å². The molecule has 1 rings (SSSR count). The van der Waals surface area contributed by atoms with Crippen molar-refractivity contribution in [2.75, 3.05) is 7.11 Å². The summed E-state index contributed by atoms with van der Waals surface area (Å²) in [5.41, 5.74) is 6.60. The van der Waals surface area contributed by atoms with Crippen LogP contribution < -0.4 is 10.5 Å². The van der Waals surface area contributed by atoms with Gasteiger partial charge in [-0.3, -0.25) is 4.79 Å². The van der Waals surface area contributed by atoms with Crippen LogP contribution in [0.25, 0.3) is 0 Å². The molecular weight excluding hydrogens is 261 g/mol. The van der Waals surface area contributed by atoms with Gasteiger partial charge in [0.05, 0.1) is 12.1 Å². The molecule has 0 aliphatic rings. The molecule has 1 aromatic carbocycles. The highest BCUT2D eigenvalue weighted by Gasteiger charge is 2.22. The smallest absolute Gasteiger partial charge is 0.303 e. The van der Waals surface area contributed by atoms with Gasteiger partial charge in [-0.15, -0.1) is 0 Å². The minimum atomic E-state index is -0.983. The maximum Gasteiger partial charge on any atom is 0.303 e. The molecule has 3 N–H and O–H groups in total. The Morgan fingerprint density at radius 3 is 2.78 bits per heavy atom. The van der Waals surface area contributed by atoms with Crippen LogP contribution in [0.1, 0.15) is 30.0 Å². The van der Waals surface area contributed by atoms with Gasteiger partial charge < -0.3 is 15.6 Å². The van der Waals surface area contributed by atoms with Gasteiger partial charge in [-0.1, -0.05) is 11.6 Å². The Labute approximate surface area is 109 Å². The van der Waals surface area contributed by atoms with Crippen molar-refractivity contribution in [2.24, 2.45) is 5.73 Å². The van der Waals surface area contributed by atoms with E-state index in [-0.39, 0.29) is 23.4 Å². The van der Waals surface area contributed by atoms with Crippen LogP contribution in [0.15, 0.2) is 6.07 Å². The van der Waals surface area contributed by atoms with E-state index in [2.05, 4.69) is 0 Å². The van der Waals surface area contributed by atoms with Crippen molar-refractivity contribution in [1.29, 1.82) is 0 Å². The molecule has 1 unspecified atom stereocenters. The van der Waals surface area contributed by atoms with Crippen molar-refractivity contribution in [3.8, 4) is 5.75 Å². The van der Waals surface area contributed by atoms with Gasteiger partial charge in [0.15, 0.2) is 0 Å². The zero-order chi connectivity index (χ0) is 13.9. The Bertz CT molecular complexity index is 465. The molecule has 0 saturated heterocycles. The molecule has 6 heteroatoms. The summed E-state index contributed by atoms with van der Waals surface area (Å²) in [6.07, 6.45) is -0.0300. The second kappa shape index (κ2) is 6.02. The number of halogens is 2. The van der Waals surface area contributed by atoms with Gasteiger partial charge >= 0.3 is 5.97 Å². The Kier molecular flexibility index (Phi) is 4.93. The summed E-state index contributed by atoms with van der Waals surface area (Å²) >= 11 is 5.75. The fourth-order valence-corrected chi connectivity index (χ4v) is 2.05. The van der Waals surface area contributed by atoms with Crippen LogP contribution in [0.2, 0.25) is 5.02 Å². The van der Waals surface area contributed by atoms with E-state index in [0.29, 0.717) is 11.3 Å². The molecular formula is C12H15ClFNO3. The minimum absolute atomic E-state index is 0.0472. The molecule has 4 nitrogen and oxygen atoms in total. The number of nitrogens with two attached hydrogens (primary N) is 1. The number of aryl methyl sites for hydroxylation is 1. The number of rotatable bonds is 5. The third kappa shape index (κ3) is 3.11. The van der Waals surface area contributed by atoms with Gasteiger partial charge in [0.1, 0.15) is 11.6 Å². The molecule has 0 fully saturated rings. The van der Waals surface area contributed by atoms with Crippen LogP contribution in [-0.2, 0) is 4.79 Å². The van der Waals surface area contributed by atoms with E-state index >= 15 is 0 Å². The molecule has 100 valence electrons. The molecule has 0 amide bonds. The fraction of sp³-hybridized carbons (Fsp3) is 0.417. The molecule has 18 heavy (non-hydrogen) atoms. The number of aliphatic carboxylic acids is 1. The number of carboxylic acids is 1. The van der Waals surface area contributed by atoms with Crippen molar-refractivity contribution < 1.29 is 19.0 Å². The standard InChI is InChI=1S/C12H15ClFNO3/c1-6-5-7(13)11(14)10(12(6)18-2)8(15)3-4-9(16)17/h5,8H,3-4,15H2,1-2H3,(H,16,17). The van der Waals surface area contributed by atoms with Crippen molar-refractivity contribution >= 4 is 17.6 Å². The second-order valence-corrected chi connectivity index (χ2v) is 4.38. The summed E-state index contributed by atoms with van der Waals surface area (Å²) < 4.78 is 19.1. The van der Waals surface area contributed by atoms with Crippen LogP contribution in [0.3, 0.4) is 0 Å². The Hall–Kier alpha value is -1.33. The minimum Gasteiger partial charge on any atom is -0.496 e. The normalized spacial score (nSPS) is 12.3. The first-order valence-electron chi connectivity index (χ1n) is 5.38. The molecule has 0 aliphatic heterocycles. The predicted molar refractivity (Wildman–Crippen MR) is 66.5 cm³/mol. The average Bonchev–Trinajstić information content (AvgIpc) is 2.30. The van der Waals surface area contributed by atoms with E-state index in [1.807, 2.05) is 0 Å². The van der Waals surface area contributed by atoms with Gasteiger partial charge in [-0.2, -0.15) is 0 Å². The van der Waals surface area contributed by atoms with Gasteiger partial charge in [0.2, 0.25) is 0 Å². The number of carboxylic acid groups (broad SMARTS) is 1. The summed E-state index contributed by atoms with van der Waals surface area (Å²) in [5, 5.41) is 8.56. The van der Waals surface area contributed by atoms with Crippen LogP contribution in [0.5, 0.6) is 5.75 Å². The summed E-state index contributed by atoms with van der Waals surface area (Å²) in [6, 6.07) is 0.678. The molecule has 0 saturated carbocycles. The number of benzene rings is 1. The Balaban J connectivity index is 3.16. The molecule has 0 heterocycles. The first-order valence-corrected chi connectivity index (χ1v) is 5.76. The summed E-state index contributed by atoms with van der Waals surface area (Å²) in [6.45, 7) is 1.72. The second-order valence-electron chi connectivity index (χ2n) is 3.98. The monoisotopic (exact) mass is 275 g/mol.